The molecule has 0 saturated carbocycles. The van der Waals surface area contributed by atoms with Crippen molar-refractivity contribution in [1.29, 1.82) is 0 Å². The Bertz CT molecular complexity index is 1550. The molecular formula is C28H25N3O5. The SMILES string of the molecule is COc1cccc(C2/C(=C(\O)c3cc(C)ccc3C)C(=O)C(=O)N2c2nc3ccc(OC)cc3[nH]2)c1. The first-order chi connectivity index (χ1) is 17.3. The van der Waals surface area contributed by atoms with Crippen LogP contribution in [0.15, 0.2) is 66.2 Å². The van der Waals surface area contributed by atoms with Crippen LogP contribution in [-0.4, -0.2) is 41.0 Å². The number of benzene rings is 3. The molecule has 8 nitrogen and oxygen atoms in total. The van der Waals surface area contributed by atoms with Crippen LogP contribution in [-0.2, 0) is 9.59 Å². The number of hydrogen-bond acceptors (Lipinski definition) is 6. The van der Waals surface area contributed by atoms with Crippen molar-refractivity contribution in [2.75, 3.05) is 19.1 Å². The second-order valence-corrected chi connectivity index (χ2v) is 8.71. The topological polar surface area (TPSA) is 105 Å². The molecular weight excluding hydrogens is 458 g/mol. The Hall–Kier alpha value is -4.59. The van der Waals surface area contributed by atoms with Gasteiger partial charge in [0.25, 0.3) is 5.78 Å². The highest BCUT2D eigenvalue weighted by Gasteiger charge is 2.48. The zero-order valence-corrected chi connectivity index (χ0v) is 20.3. The average Bonchev–Trinajstić information content (AvgIpc) is 3.42. The van der Waals surface area contributed by atoms with E-state index in [4.69, 9.17) is 9.47 Å². The number of aliphatic hydroxyl groups is 1. The quantitative estimate of drug-likeness (QED) is 0.240. The molecule has 1 aliphatic heterocycles. The maximum Gasteiger partial charge on any atom is 0.302 e. The average molecular weight is 484 g/mol. The molecule has 0 radical (unpaired) electrons. The Kier molecular flexibility index (Phi) is 5.72. The number of hydrogen-bond donors (Lipinski definition) is 2. The molecule has 2 N–H and O–H groups in total. The fourth-order valence-electron chi connectivity index (χ4n) is 4.53. The van der Waals surface area contributed by atoms with Crippen LogP contribution in [0, 0.1) is 13.8 Å². The van der Waals surface area contributed by atoms with Gasteiger partial charge in [-0.3, -0.25) is 14.5 Å². The van der Waals surface area contributed by atoms with Crippen LogP contribution in [0.1, 0.15) is 28.3 Å². The lowest BCUT2D eigenvalue weighted by molar-refractivity contribution is -0.132. The van der Waals surface area contributed by atoms with E-state index in [0.29, 0.717) is 33.7 Å². The van der Waals surface area contributed by atoms with Crippen LogP contribution in [0.4, 0.5) is 5.95 Å². The normalized spacial score (nSPS) is 17.1. The van der Waals surface area contributed by atoms with E-state index >= 15 is 0 Å². The van der Waals surface area contributed by atoms with E-state index in [1.165, 1.54) is 4.90 Å². The Labute approximate surface area is 207 Å². The number of carbonyl (C=O) groups excluding carboxylic acids is 2. The van der Waals surface area contributed by atoms with Gasteiger partial charge in [0.15, 0.2) is 0 Å². The number of fused-ring (bicyclic) bond motifs is 1. The van der Waals surface area contributed by atoms with Crippen LogP contribution in [0.25, 0.3) is 16.8 Å². The Morgan fingerprint density at radius 2 is 1.72 bits per heavy atom. The number of aryl methyl sites for hydroxylation is 2. The first-order valence-corrected chi connectivity index (χ1v) is 11.4. The second kappa shape index (κ2) is 8.88. The molecule has 1 unspecified atom stereocenters. The van der Waals surface area contributed by atoms with E-state index in [9.17, 15) is 14.7 Å². The number of H-pyrrole nitrogens is 1. The summed E-state index contributed by atoms with van der Waals surface area (Å²) in [7, 11) is 3.10. The van der Waals surface area contributed by atoms with Crippen LogP contribution in [0.5, 0.6) is 11.5 Å². The number of methoxy groups -OCH3 is 2. The molecule has 1 aromatic heterocycles. The monoisotopic (exact) mass is 483 g/mol. The number of nitrogens with one attached hydrogen (secondary N) is 1. The third kappa shape index (κ3) is 3.76. The molecule has 0 spiro atoms. The minimum Gasteiger partial charge on any atom is -0.507 e. The first-order valence-electron chi connectivity index (χ1n) is 11.4. The highest BCUT2D eigenvalue weighted by Crippen LogP contribution is 2.43. The summed E-state index contributed by atoms with van der Waals surface area (Å²) in [5.41, 5.74) is 4.02. The van der Waals surface area contributed by atoms with E-state index in [0.717, 1.165) is 11.1 Å². The third-order valence-corrected chi connectivity index (χ3v) is 6.41. The van der Waals surface area contributed by atoms with E-state index in [2.05, 4.69) is 9.97 Å². The zero-order valence-electron chi connectivity index (χ0n) is 20.3. The first kappa shape index (κ1) is 23.2. The summed E-state index contributed by atoms with van der Waals surface area (Å²) in [6.45, 7) is 3.74. The van der Waals surface area contributed by atoms with E-state index in [1.807, 2.05) is 26.0 Å². The molecule has 1 aliphatic rings. The van der Waals surface area contributed by atoms with Gasteiger partial charge in [0.05, 0.1) is 36.9 Å². The van der Waals surface area contributed by atoms with Crippen LogP contribution in [0.3, 0.4) is 0 Å². The van der Waals surface area contributed by atoms with Crippen molar-refractivity contribution >= 4 is 34.4 Å². The number of rotatable bonds is 5. The van der Waals surface area contributed by atoms with E-state index in [1.54, 1.807) is 62.8 Å². The number of ether oxygens (including phenoxy) is 2. The summed E-state index contributed by atoms with van der Waals surface area (Å²) in [5, 5.41) is 11.4. The molecule has 2 heterocycles. The fraction of sp³-hybridized carbons (Fsp3) is 0.179. The number of nitrogens with zero attached hydrogens (tertiary/aromatic N) is 2. The molecule has 0 aliphatic carbocycles. The summed E-state index contributed by atoms with van der Waals surface area (Å²) in [5.74, 6) is -0.450. The minimum absolute atomic E-state index is 0.0139. The lowest BCUT2D eigenvalue weighted by atomic mass is 9.93. The maximum atomic E-state index is 13.5. The maximum absolute atomic E-state index is 13.5. The summed E-state index contributed by atoms with van der Waals surface area (Å²) < 4.78 is 10.7. The van der Waals surface area contributed by atoms with Gasteiger partial charge < -0.3 is 19.6 Å². The largest absolute Gasteiger partial charge is 0.507 e. The van der Waals surface area contributed by atoms with Gasteiger partial charge >= 0.3 is 5.91 Å². The van der Waals surface area contributed by atoms with Crippen molar-refractivity contribution in [2.45, 2.75) is 19.9 Å². The van der Waals surface area contributed by atoms with Crippen molar-refractivity contribution in [1.82, 2.24) is 9.97 Å². The van der Waals surface area contributed by atoms with Crippen LogP contribution in [0.2, 0.25) is 0 Å². The number of carbonyl (C=O) groups is 2. The number of amides is 1. The molecule has 4 aromatic rings. The van der Waals surface area contributed by atoms with Crippen LogP contribution < -0.4 is 14.4 Å². The van der Waals surface area contributed by atoms with Crippen molar-refractivity contribution in [3.05, 3.63) is 88.5 Å². The van der Waals surface area contributed by atoms with Crippen molar-refractivity contribution < 1.29 is 24.2 Å². The summed E-state index contributed by atoms with van der Waals surface area (Å²) >= 11 is 0. The number of ketones is 1. The van der Waals surface area contributed by atoms with Gasteiger partial charge in [-0.15, -0.1) is 0 Å². The molecule has 1 fully saturated rings. The van der Waals surface area contributed by atoms with Gasteiger partial charge in [-0.2, -0.15) is 0 Å². The Morgan fingerprint density at radius 3 is 2.47 bits per heavy atom. The molecule has 1 atom stereocenters. The number of anilines is 1. The lowest BCUT2D eigenvalue weighted by Gasteiger charge is -2.23. The molecule has 0 bridgehead atoms. The molecule has 1 saturated heterocycles. The zero-order chi connectivity index (χ0) is 25.6. The summed E-state index contributed by atoms with van der Waals surface area (Å²) in [4.78, 5) is 35.9. The van der Waals surface area contributed by atoms with Gasteiger partial charge in [-0.25, -0.2) is 4.98 Å². The van der Waals surface area contributed by atoms with Gasteiger partial charge in [-0.1, -0.05) is 29.8 Å². The standard InChI is InChI=1S/C28H25N3O5/c1-15-8-9-16(2)20(12-15)25(32)23-24(17-6-5-7-18(13-17)35-3)31(27(34)26(23)33)28-29-21-11-10-19(36-4)14-22(21)30-28/h5-14,24,32H,1-4H3,(H,29,30)/b25-23+. The Morgan fingerprint density at radius 1 is 0.972 bits per heavy atom. The summed E-state index contributed by atoms with van der Waals surface area (Å²) in [6.07, 6.45) is 0. The van der Waals surface area contributed by atoms with Gasteiger partial charge in [0.1, 0.15) is 17.3 Å². The molecule has 182 valence electrons. The molecule has 1 amide bonds. The van der Waals surface area contributed by atoms with E-state index in [-0.39, 0.29) is 17.3 Å². The van der Waals surface area contributed by atoms with Gasteiger partial charge in [-0.05, 0) is 55.3 Å². The molecule has 36 heavy (non-hydrogen) atoms. The predicted molar refractivity (Wildman–Crippen MR) is 136 cm³/mol. The smallest absolute Gasteiger partial charge is 0.302 e. The van der Waals surface area contributed by atoms with Crippen molar-refractivity contribution in [3.63, 3.8) is 0 Å². The van der Waals surface area contributed by atoms with Gasteiger partial charge in [0.2, 0.25) is 5.95 Å². The van der Waals surface area contributed by atoms with E-state index < -0.39 is 17.7 Å². The van der Waals surface area contributed by atoms with Crippen LogP contribution >= 0.6 is 0 Å². The minimum atomic E-state index is -0.928. The van der Waals surface area contributed by atoms with Gasteiger partial charge in [0, 0.05) is 11.6 Å². The molecule has 8 heteroatoms. The fourth-order valence-corrected chi connectivity index (χ4v) is 4.53. The molecule has 5 rings (SSSR count). The lowest BCUT2D eigenvalue weighted by Crippen LogP contribution is -2.30. The van der Waals surface area contributed by atoms with Crippen molar-refractivity contribution in [2.24, 2.45) is 0 Å². The third-order valence-electron chi connectivity index (χ3n) is 6.41. The number of aromatic nitrogens is 2. The highest BCUT2D eigenvalue weighted by molar-refractivity contribution is 6.51. The predicted octanol–water partition coefficient (Wildman–Crippen LogP) is 4.82. The number of aromatic amines is 1. The number of imidazole rings is 1. The Balaban J connectivity index is 1.75. The molecule has 3 aromatic carbocycles. The van der Waals surface area contributed by atoms with Crippen molar-refractivity contribution in [3.8, 4) is 11.5 Å². The second-order valence-electron chi connectivity index (χ2n) is 8.71. The highest BCUT2D eigenvalue weighted by atomic mass is 16.5. The number of Topliss-reactive ketones (excluding diaryl/α,β-unsaturated/α-hetero) is 1. The summed E-state index contributed by atoms with van der Waals surface area (Å²) in [6, 6.07) is 17.0. The number of aliphatic hydroxyl groups excluding tert-OH is 1.